The molecule has 1 rings (SSSR count). The first kappa shape index (κ1) is 9.73. The molecule has 0 aliphatic heterocycles. The molecular weight excluding hydrogens is 170 g/mol. The summed E-state index contributed by atoms with van der Waals surface area (Å²) < 4.78 is 11.7. The highest BCUT2D eigenvalue weighted by Crippen LogP contribution is 2.25. The predicted octanol–water partition coefficient (Wildman–Crippen LogP) is 1.98. The summed E-state index contributed by atoms with van der Waals surface area (Å²) in [5.74, 6) is 0. The fraction of sp³-hybridized carbons (Fsp3) is 0.889. The van der Waals surface area contributed by atoms with E-state index in [0.29, 0.717) is 5.25 Å². The quantitative estimate of drug-likeness (QED) is 0.674. The molecule has 2 nitrogen and oxygen atoms in total. The van der Waals surface area contributed by atoms with E-state index in [-0.39, 0.29) is 5.25 Å². The van der Waals surface area contributed by atoms with E-state index in [1.54, 1.807) is 0 Å². The van der Waals surface area contributed by atoms with Crippen LogP contribution in [-0.2, 0) is 10.8 Å². The van der Waals surface area contributed by atoms with Gasteiger partial charge in [0, 0.05) is 16.0 Å². The zero-order valence-corrected chi connectivity index (χ0v) is 8.27. The Morgan fingerprint density at radius 3 is 2.58 bits per heavy atom. The number of nitrogens with zero attached hydrogens (tertiary/aromatic N) is 1. The fourth-order valence-corrected chi connectivity index (χ4v) is 3.36. The van der Waals surface area contributed by atoms with Crippen LogP contribution in [0.3, 0.4) is 0 Å². The van der Waals surface area contributed by atoms with Gasteiger partial charge in [0.25, 0.3) is 0 Å². The standard InChI is InChI=1S/C9H15NOS/c1-2-8(7-10)12(11)9-5-3-4-6-9/h8-9H,2-6H2,1H3. The normalized spacial score (nSPS) is 23.3. The first-order chi connectivity index (χ1) is 5.79. The first-order valence-electron chi connectivity index (χ1n) is 4.58. The molecule has 1 fully saturated rings. The SMILES string of the molecule is CCC(C#N)S(=O)C1CCCC1. The summed E-state index contributed by atoms with van der Waals surface area (Å²) in [5, 5.41) is 8.80. The van der Waals surface area contributed by atoms with Gasteiger partial charge in [-0.25, -0.2) is 0 Å². The fourth-order valence-electron chi connectivity index (χ4n) is 1.66. The minimum atomic E-state index is -0.894. The maximum Gasteiger partial charge on any atom is 0.121 e. The number of hydrogen-bond donors (Lipinski definition) is 0. The lowest BCUT2D eigenvalue weighted by atomic mass is 10.3. The second-order valence-corrected chi connectivity index (χ2v) is 5.15. The zero-order chi connectivity index (χ0) is 8.97. The smallest absolute Gasteiger partial charge is 0.121 e. The Kier molecular flexibility index (Phi) is 3.74. The highest BCUT2D eigenvalue weighted by atomic mass is 32.2. The monoisotopic (exact) mass is 185 g/mol. The van der Waals surface area contributed by atoms with Crippen LogP contribution >= 0.6 is 0 Å². The Balaban J connectivity index is 2.51. The molecule has 3 heteroatoms. The van der Waals surface area contributed by atoms with Crippen LogP contribution in [-0.4, -0.2) is 14.7 Å². The van der Waals surface area contributed by atoms with Crippen molar-refractivity contribution in [3.05, 3.63) is 0 Å². The van der Waals surface area contributed by atoms with Crippen LogP contribution in [0.15, 0.2) is 0 Å². The van der Waals surface area contributed by atoms with Crippen LogP contribution in [0.25, 0.3) is 0 Å². The van der Waals surface area contributed by atoms with E-state index in [1.165, 1.54) is 12.8 Å². The highest BCUT2D eigenvalue weighted by molar-refractivity contribution is 7.86. The van der Waals surface area contributed by atoms with Gasteiger partial charge in [-0.15, -0.1) is 0 Å². The van der Waals surface area contributed by atoms with Crippen molar-refractivity contribution >= 4 is 10.8 Å². The van der Waals surface area contributed by atoms with Gasteiger partial charge in [-0.3, -0.25) is 4.21 Å². The van der Waals surface area contributed by atoms with Crippen LogP contribution in [0.5, 0.6) is 0 Å². The molecule has 0 radical (unpaired) electrons. The van der Waals surface area contributed by atoms with Gasteiger partial charge in [-0.05, 0) is 19.3 Å². The Bertz CT molecular complexity index is 203. The van der Waals surface area contributed by atoms with E-state index in [4.69, 9.17) is 5.26 Å². The average molecular weight is 185 g/mol. The molecule has 0 saturated heterocycles. The lowest BCUT2D eigenvalue weighted by molar-refractivity contribution is 0.661. The van der Waals surface area contributed by atoms with Gasteiger partial charge in [0.2, 0.25) is 0 Å². The van der Waals surface area contributed by atoms with Crippen molar-refractivity contribution in [1.82, 2.24) is 0 Å². The molecule has 0 heterocycles. The van der Waals surface area contributed by atoms with Crippen LogP contribution in [0.1, 0.15) is 39.0 Å². The molecule has 0 aromatic rings. The Hall–Kier alpha value is -0.360. The van der Waals surface area contributed by atoms with Crippen molar-refractivity contribution in [3.8, 4) is 6.07 Å². The van der Waals surface area contributed by atoms with Crippen molar-refractivity contribution in [2.45, 2.75) is 49.5 Å². The van der Waals surface area contributed by atoms with Crippen LogP contribution in [0, 0.1) is 11.3 Å². The topological polar surface area (TPSA) is 40.9 Å². The minimum absolute atomic E-state index is 0.229. The second kappa shape index (κ2) is 4.61. The summed E-state index contributed by atoms with van der Waals surface area (Å²) in [6, 6.07) is 2.13. The van der Waals surface area contributed by atoms with Crippen LogP contribution in [0.2, 0.25) is 0 Å². The van der Waals surface area contributed by atoms with E-state index in [2.05, 4.69) is 6.07 Å². The maximum atomic E-state index is 11.7. The number of nitriles is 1. The molecule has 0 amide bonds. The van der Waals surface area contributed by atoms with Gasteiger partial charge in [-0.1, -0.05) is 19.8 Å². The van der Waals surface area contributed by atoms with Crippen LogP contribution < -0.4 is 0 Å². The molecule has 1 aliphatic carbocycles. The maximum absolute atomic E-state index is 11.7. The van der Waals surface area contributed by atoms with Gasteiger partial charge in [0.1, 0.15) is 5.25 Å². The van der Waals surface area contributed by atoms with E-state index in [1.807, 2.05) is 6.92 Å². The molecule has 2 atom stereocenters. The average Bonchev–Trinajstić information content (AvgIpc) is 2.58. The Morgan fingerprint density at radius 1 is 1.58 bits per heavy atom. The molecular formula is C9H15NOS. The number of rotatable bonds is 3. The van der Waals surface area contributed by atoms with Gasteiger partial charge in [-0.2, -0.15) is 5.26 Å². The molecule has 2 unspecified atom stereocenters. The van der Waals surface area contributed by atoms with Crippen molar-refractivity contribution < 1.29 is 4.21 Å². The first-order valence-corrected chi connectivity index (χ1v) is 5.86. The van der Waals surface area contributed by atoms with Gasteiger partial charge >= 0.3 is 0 Å². The summed E-state index contributed by atoms with van der Waals surface area (Å²) in [7, 11) is -0.894. The molecule has 1 aliphatic rings. The van der Waals surface area contributed by atoms with Crippen molar-refractivity contribution in [1.29, 1.82) is 5.26 Å². The predicted molar refractivity (Wildman–Crippen MR) is 50.1 cm³/mol. The lowest BCUT2D eigenvalue weighted by Crippen LogP contribution is -2.22. The second-order valence-electron chi connectivity index (χ2n) is 3.26. The largest absolute Gasteiger partial charge is 0.258 e. The van der Waals surface area contributed by atoms with E-state index in [0.717, 1.165) is 19.3 Å². The molecule has 0 aromatic heterocycles. The van der Waals surface area contributed by atoms with E-state index < -0.39 is 10.8 Å². The third-order valence-corrected chi connectivity index (χ3v) is 4.55. The Morgan fingerprint density at radius 2 is 2.17 bits per heavy atom. The van der Waals surface area contributed by atoms with Crippen molar-refractivity contribution in [2.24, 2.45) is 0 Å². The lowest BCUT2D eigenvalue weighted by Gasteiger charge is -2.11. The van der Waals surface area contributed by atoms with Crippen molar-refractivity contribution in [3.63, 3.8) is 0 Å². The summed E-state index contributed by atoms with van der Waals surface area (Å²) in [4.78, 5) is 0. The highest BCUT2D eigenvalue weighted by Gasteiger charge is 2.26. The van der Waals surface area contributed by atoms with Gasteiger partial charge < -0.3 is 0 Å². The minimum Gasteiger partial charge on any atom is -0.258 e. The summed E-state index contributed by atoms with van der Waals surface area (Å²) in [6.07, 6.45) is 5.23. The van der Waals surface area contributed by atoms with Crippen molar-refractivity contribution in [2.75, 3.05) is 0 Å². The van der Waals surface area contributed by atoms with Crippen LogP contribution in [0.4, 0.5) is 0 Å². The van der Waals surface area contributed by atoms with Gasteiger partial charge in [0.05, 0.1) is 6.07 Å². The molecule has 0 aromatic carbocycles. The molecule has 0 spiro atoms. The summed E-state index contributed by atoms with van der Waals surface area (Å²) in [5.41, 5.74) is 0. The summed E-state index contributed by atoms with van der Waals surface area (Å²) >= 11 is 0. The molecule has 0 bridgehead atoms. The van der Waals surface area contributed by atoms with E-state index >= 15 is 0 Å². The van der Waals surface area contributed by atoms with E-state index in [9.17, 15) is 4.21 Å². The molecule has 0 N–H and O–H groups in total. The Labute approximate surface area is 76.4 Å². The van der Waals surface area contributed by atoms with Gasteiger partial charge in [0.15, 0.2) is 0 Å². The third-order valence-electron chi connectivity index (χ3n) is 2.43. The molecule has 68 valence electrons. The third kappa shape index (κ3) is 2.07. The zero-order valence-electron chi connectivity index (χ0n) is 7.45. The number of hydrogen-bond acceptors (Lipinski definition) is 2. The summed E-state index contributed by atoms with van der Waals surface area (Å²) in [6.45, 7) is 1.93. The molecule has 1 saturated carbocycles. The molecule has 12 heavy (non-hydrogen) atoms.